The van der Waals surface area contributed by atoms with Crippen LogP contribution in [0.5, 0.6) is 0 Å². The maximum atomic E-state index is 13.4. The van der Waals surface area contributed by atoms with Crippen LogP contribution in [0.25, 0.3) is 0 Å². The number of hydrogen-bond acceptors (Lipinski definition) is 9. The number of hydrogen-bond donors (Lipinski definition) is 9. The number of carboxylic acid groups (broad SMARTS) is 1. The van der Waals surface area contributed by atoms with E-state index in [1.165, 1.54) is 6.92 Å². The van der Waals surface area contributed by atoms with Crippen molar-refractivity contribution in [2.75, 3.05) is 0 Å². The highest BCUT2D eigenvalue weighted by Gasteiger charge is 2.35. The smallest absolute Gasteiger partial charge is 0.326 e. The molecule has 244 valence electrons. The lowest BCUT2D eigenvalue weighted by Crippen LogP contribution is -2.62. The van der Waals surface area contributed by atoms with E-state index in [1.54, 1.807) is 60.7 Å². The second-order valence-electron chi connectivity index (χ2n) is 10.6. The van der Waals surface area contributed by atoms with Gasteiger partial charge in [0.2, 0.25) is 29.5 Å². The van der Waals surface area contributed by atoms with Crippen molar-refractivity contribution < 1.29 is 44.1 Å². The molecule has 11 N–H and O–H groups in total. The Bertz CT molecular complexity index is 1320. The molecule has 0 saturated heterocycles. The molecule has 2 rings (SSSR count). The van der Waals surface area contributed by atoms with Gasteiger partial charge >= 0.3 is 5.97 Å². The Hall–Kier alpha value is -4.86. The number of carbonyl (C=O) groups is 6. The maximum Gasteiger partial charge on any atom is 0.326 e. The van der Waals surface area contributed by atoms with Crippen LogP contribution in [0, 0.1) is 0 Å². The van der Waals surface area contributed by atoms with Gasteiger partial charge in [0.1, 0.15) is 24.2 Å². The number of aliphatic carboxylic acids is 1. The molecule has 0 radical (unpaired) electrons. The number of carbonyl (C=O) groups excluding carboxylic acids is 5. The molecule has 0 heterocycles. The molecule has 0 aromatic heterocycles. The van der Waals surface area contributed by atoms with E-state index < -0.39 is 84.3 Å². The van der Waals surface area contributed by atoms with Gasteiger partial charge in [-0.1, -0.05) is 60.7 Å². The number of benzene rings is 2. The molecular formula is C30H40N6O9. The third kappa shape index (κ3) is 12.0. The Kier molecular flexibility index (Phi) is 14.1. The highest BCUT2D eigenvalue weighted by molar-refractivity contribution is 5.96. The first-order valence-electron chi connectivity index (χ1n) is 14.1. The molecule has 15 heteroatoms. The minimum atomic E-state index is -1.73. The van der Waals surface area contributed by atoms with Gasteiger partial charge in [0.05, 0.1) is 24.7 Å². The van der Waals surface area contributed by atoms with Crippen LogP contribution in [0.1, 0.15) is 31.4 Å². The Morgan fingerprint density at radius 3 is 1.49 bits per heavy atom. The fraction of sp³-hybridized carbons (Fsp3) is 0.400. The molecular weight excluding hydrogens is 588 g/mol. The molecule has 2 aromatic carbocycles. The van der Waals surface area contributed by atoms with Crippen LogP contribution in [-0.2, 0) is 41.6 Å². The molecule has 0 bridgehead atoms. The zero-order chi connectivity index (χ0) is 33.7. The van der Waals surface area contributed by atoms with Crippen LogP contribution in [0.2, 0.25) is 0 Å². The quantitative estimate of drug-likeness (QED) is 0.0886. The van der Waals surface area contributed by atoms with Crippen molar-refractivity contribution in [1.82, 2.24) is 21.3 Å². The summed E-state index contributed by atoms with van der Waals surface area (Å²) in [7, 11) is 0. The molecule has 0 unspecified atom stereocenters. The van der Waals surface area contributed by atoms with Gasteiger partial charge in [-0.25, -0.2) is 4.79 Å². The van der Waals surface area contributed by atoms with Crippen LogP contribution in [0.4, 0.5) is 0 Å². The van der Waals surface area contributed by atoms with Crippen molar-refractivity contribution in [1.29, 1.82) is 0 Å². The predicted molar refractivity (Wildman–Crippen MR) is 161 cm³/mol. The molecule has 0 aliphatic carbocycles. The Labute approximate surface area is 259 Å². The summed E-state index contributed by atoms with van der Waals surface area (Å²) >= 11 is 0. The summed E-state index contributed by atoms with van der Waals surface area (Å²) in [5.41, 5.74) is 12.4. The first-order valence-corrected chi connectivity index (χ1v) is 14.1. The van der Waals surface area contributed by atoms with Crippen molar-refractivity contribution in [2.24, 2.45) is 11.5 Å². The lowest BCUT2D eigenvalue weighted by molar-refractivity contribution is -0.144. The van der Waals surface area contributed by atoms with E-state index in [-0.39, 0.29) is 12.8 Å². The average molecular weight is 629 g/mol. The van der Waals surface area contributed by atoms with Crippen LogP contribution in [0.3, 0.4) is 0 Å². The predicted octanol–water partition coefficient (Wildman–Crippen LogP) is -2.54. The van der Waals surface area contributed by atoms with Crippen LogP contribution in [-0.4, -0.2) is 93.2 Å². The fourth-order valence-corrected chi connectivity index (χ4v) is 4.27. The number of aliphatic hydroxyl groups is 2. The Morgan fingerprint density at radius 2 is 1.07 bits per heavy atom. The van der Waals surface area contributed by atoms with Crippen LogP contribution in [0.15, 0.2) is 60.7 Å². The van der Waals surface area contributed by atoms with E-state index in [1.807, 2.05) is 0 Å². The van der Waals surface area contributed by atoms with Gasteiger partial charge in [-0.05, 0) is 31.4 Å². The minimum Gasteiger partial charge on any atom is -0.480 e. The van der Waals surface area contributed by atoms with Crippen molar-refractivity contribution in [2.45, 2.75) is 75.5 Å². The molecule has 0 fully saturated rings. The van der Waals surface area contributed by atoms with Crippen molar-refractivity contribution in [3.63, 3.8) is 0 Å². The van der Waals surface area contributed by atoms with E-state index in [2.05, 4.69) is 21.3 Å². The molecule has 7 atom stereocenters. The molecule has 5 amide bonds. The third-order valence-corrected chi connectivity index (χ3v) is 6.70. The molecule has 45 heavy (non-hydrogen) atoms. The van der Waals surface area contributed by atoms with Gasteiger partial charge in [0.15, 0.2) is 0 Å². The average Bonchev–Trinajstić information content (AvgIpc) is 2.97. The summed E-state index contributed by atoms with van der Waals surface area (Å²) in [4.78, 5) is 75.2. The van der Waals surface area contributed by atoms with Gasteiger partial charge in [-0.3, -0.25) is 24.0 Å². The summed E-state index contributed by atoms with van der Waals surface area (Å²) in [5, 5.41) is 39.1. The third-order valence-electron chi connectivity index (χ3n) is 6.70. The first kappa shape index (κ1) is 36.3. The van der Waals surface area contributed by atoms with Crippen molar-refractivity contribution in [3.05, 3.63) is 71.8 Å². The topological polar surface area (TPSA) is 263 Å². The van der Waals surface area contributed by atoms with E-state index in [9.17, 15) is 44.1 Å². The SMILES string of the molecule is C[C@@H](O)[C@H](NC(=O)[C@H](Cc1ccccc1)NC(=O)[C@@H](NC(=O)[C@@H](N)Cc1ccccc1)[C@@H](C)O)C(=O)N[C@@H](CC(N)=O)C(=O)O. The normalized spacial score (nSPS) is 15.6. The molecule has 0 aliphatic heterocycles. The monoisotopic (exact) mass is 628 g/mol. The summed E-state index contributed by atoms with van der Waals surface area (Å²) < 4.78 is 0. The second-order valence-corrected chi connectivity index (χ2v) is 10.6. The van der Waals surface area contributed by atoms with Gasteiger partial charge < -0.3 is 48.1 Å². The van der Waals surface area contributed by atoms with Gasteiger partial charge in [-0.2, -0.15) is 0 Å². The summed E-state index contributed by atoms with van der Waals surface area (Å²) in [5.74, 6) is -6.32. The van der Waals surface area contributed by atoms with Crippen LogP contribution < -0.4 is 32.7 Å². The second kappa shape index (κ2) is 17.4. The van der Waals surface area contributed by atoms with Crippen LogP contribution >= 0.6 is 0 Å². The number of nitrogens with two attached hydrogens (primary N) is 2. The Morgan fingerprint density at radius 1 is 0.644 bits per heavy atom. The summed E-state index contributed by atoms with van der Waals surface area (Å²) in [6.45, 7) is 2.43. The lowest BCUT2D eigenvalue weighted by atomic mass is 10.0. The van der Waals surface area contributed by atoms with E-state index in [4.69, 9.17) is 11.5 Å². The number of primary amides is 1. The summed E-state index contributed by atoms with van der Waals surface area (Å²) in [6.07, 6.45) is -3.64. The number of nitrogens with one attached hydrogen (secondary N) is 4. The molecule has 0 aliphatic rings. The van der Waals surface area contributed by atoms with Crippen molar-refractivity contribution >= 4 is 35.5 Å². The molecule has 0 saturated carbocycles. The number of carboxylic acids is 1. The van der Waals surface area contributed by atoms with Crippen molar-refractivity contribution in [3.8, 4) is 0 Å². The zero-order valence-corrected chi connectivity index (χ0v) is 24.9. The van der Waals surface area contributed by atoms with Gasteiger partial charge in [0.25, 0.3) is 0 Å². The fourth-order valence-electron chi connectivity index (χ4n) is 4.27. The molecule has 15 nitrogen and oxygen atoms in total. The van der Waals surface area contributed by atoms with Gasteiger partial charge in [-0.15, -0.1) is 0 Å². The highest BCUT2D eigenvalue weighted by Crippen LogP contribution is 2.08. The van der Waals surface area contributed by atoms with E-state index >= 15 is 0 Å². The Balaban J connectivity index is 2.24. The number of rotatable bonds is 17. The number of aliphatic hydroxyl groups excluding tert-OH is 2. The number of amides is 5. The maximum absolute atomic E-state index is 13.4. The highest BCUT2D eigenvalue weighted by atomic mass is 16.4. The minimum absolute atomic E-state index is 0.111. The van der Waals surface area contributed by atoms with E-state index in [0.29, 0.717) is 5.56 Å². The summed E-state index contributed by atoms with van der Waals surface area (Å²) in [6, 6.07) is 9.96. The van der Waals surface area contributed by atoms with Gasteiger partial charge in [0, 0.05) is 6.42 Å². The zero-order valence-electron chi connectivity index (χ0n) is 24.9. The molecule has 0 spiro atoms. The van der Waals surface area contributed by atoms with E-state index in [0.717, 1.165) is 12.5 Å². The first-order chi connectivity index (χ1) is 21.2. The largest absolute Gasteiger partial charge is 0.480 e. The molecule has 2 aromatic rings. The standard InChI is InChI=1S/C30H40N6O9/c1-16(37)24(35-26(40)20(31)13-18-9-5-3-6-10-18)28(42)33-21(14-19-11-7-4-8-12-19)27(41)36-25(17(2)38)29(43)34-22(30(44)45)15-23(32)39/h3-12,16-17,20-22,24-25,37-38H,13-15,31H2,1-2H3,(H2,32,39)(H,33,42)(H,34,43)(H,35,40)(H,36,41)(H,44,45)/t16-,17-,20+,21+,22+,24+,25+/m1/s1. The lowest BCUT2D eigenvalue weighted by Gasteiger charge is -2.28.